The average molecular weight is 486 g/mol. The number of ether oxygens (including phenoxy) is 1. The maximum absolute atomic E-state index is 13.0. The van der Waals surface area contributed by atoms with E-state index in [4.69, 9.17) is 9.84 Å². The lowest BCUT2D eigenvalue weighted by Gasteiger charge is -2.29. The van der Waals surface area contributed by atoms with Crippen LogP contribution in [0.1, 0.15) is 49.0 Å². The van der Waals surface area contributed by atoms with Gasteiger partial charge in [0, 0.05) is 18.7 Å². The number of ketones is 1. The molecule has 2 aromatic carbocycles. The first-order valence-corrected chi connectivity index (χ1v) is 12.9. The lowest BCUT2D eigenvalue weighted by atomic mass is 9.99. The van der Waals surface area contributed by atoms with Crippen LogP contribution in [0.4, 0.5) is 0 Å². The molecule has 1 N–H and O–H groups in total. The van der Waals surface area contributed by atoms with Crippen LogP contribution in [0, 0.1) is 11.8 Å². The zero-order valence-electron chi connectivity index (χ0n) is 19.5. The normalized spacial score (nSPS) is 15.6. The van der Waals surface area contributed by atoms with Crippen LogP contribution in [0.25, 0.3) is 6.08 Å². The number of carbonyl (C=O) groups is 2. The number of carbonyl (C=O) groups excluding carboxylic acids is 1. The van der Waals surface area contributed by atoms with E-state index in [9.17, 15) is 18.0 Å². The lowest BCUT2D eigenvalue weighted by Crippen LogP contribution is -2.40. The van der Waals surface area contributed by atoms with Gasteiger partial charge < -0.3 is 9.84 Å². The van der Waals surface area contributed by atoms with E-state index >= 15 is 0 Å². The van der Waals surface area contributed by atoms with Crippen LogP contribution < -0.4 is 4.74 Å². The minimum Gasteiger partial charge on any atom is -0.494 e. The molecule has 1 fully saturated rings. The Morgan fingerprint density at radius 3 is 2.41 bits per heavy atom. The molecular formula is C26H31NO6S. The smallest absolute Gasteiger partial charge is 0.306 e. The monoisotopic (exact) mass is 485 g/mol. The van der Waals surface area contributed by atoms with Gasteiger partial charge in [0.15, 0.2) is 5.78 Å². The highest BCUT2D eigenvalue weighted by molar-refractivity contribution is 7.89. The summed E-state index contributed by atoms with van der Waals surface area (Å²) in [7, 11) is -3.80. The number of piperidine rings is 1. The average Bonchev–Trinajstić information content (AvgIpc) is 2.83. The summed E-state index contributed by atoms with van der Waals surface area (Å²) in [5, 5.41) is 9.12. The molecule has 1 heterocycles. The van der Waals surface area contributed by atoms with Crippen LogP contribution in [-0.2, 0) is 14.8 Å². The quantitative estimate of drug-likeness (QED) is 0.393. The fourth-order valence-corrected chi connectivity index (χ4v) is 5.17. The topological polar surface area (TPSA) is 101 Å². The number of benzene rings is 2. The molecule has 0 bridgehead atoms. The van der Waals surface area contributed by atoms with Crippen molar-refractivity contribution in [3.05, 3.63) is 65.7 Å². The highest BCUT2D eigenvalue weighted by Gasteiger charge is 2.32. The van der Waals surface area contributed by atoms with Crippen LogP contribution >= 0.6 is 0 Å². The minimum atomic E-state index is -3.80. The molecule has 7 nitrogen and oxygen atoms in total. The van der Waals surface area contributed by atoms with Crippen LogP contribution in [0.5, 0.6) is 5.75 Å². The number of nitrogens with zero attached hydrogens (tertiary/aromatic N) is 1. The molecule has 1 saturated heterocycles. The molecule has 8 heteroatoms. The molecule has 182 valence electrons. The Kier molecular flexibility index (Phi) is 8.63. The number of hydrogen-bond donors (Lipinski definition) is 1. The maximum atomic E-state index is 13.0. The molecule has 1 aliphatic heterocycles. The fraction of sp³-hybridized carbons (Fsp3) is 0.385. The number of hydrogen-bond acceptors (Lipinski definition) is 5. The zero-order valence-corrected chi connectivity index (χ0v) is 20.3. The first kappa shape index (κ1) is 25.6. The van der Waals surface area contributed by atoms with Crippen molar-refractivity contribution in [1.82, 2.24) is 4.31 Å². The Balaban J connectivity index is 1.64. The maximum Gasteiger partial charge on any atom is 0.306 e. The summed E-state index contributed by atoms with van der Waals surface area (Å²) in [6.07, 6.45) is 4.62. The van der Waals surface area contributed by atoms with Gasteiger partial charge in [0.1, 0.15) is 5.75 Å². The van der Waals surface area contributed by atoms with E-state index < -0.39 is 21.9 Å². The van der Waals surface area contributed by atoms with E-state index in [1.807, 2.05) is 24.3 Å². The molecule has 0 unspecified atom stereocenters. The van der Waals surface area contributed by atoms with Crippen molar-refractivity contribution < 1.29 is 27.9 Å². The molecule has 2 aromatic rings. The second-order valence-corrected chi connectivity index (χ2v) is 10.8. The predicted octanol–water partition coefficient (Wildman–Crippen LogP) is 4.49. The first-order chi connectivity index (χ1) is 16.2. The molecule has 0 atom stereocenters. The zero-order chi connectivity index (χ0) is 24.7. The number of allylic oxidation sites excluding steroid dienone is 1. The van der Waals surface area contributed by atoms with Crippen molar-refractivity contribution in [2.75, 3.05) is 19.7 Å². The van der Waals surface area contributed by atoms with Crippen molar-refractivity contribution in [3.63, 3.8) is 0 Å². The van der Waals surface area contributed by atoms with Crippen LogP contribution in [0.2, 0.25) is 0 Å². The molecule has 0 aromatic heterocycles. The first-order valence-electron chi connectivity index (χ1n) is 11.4. The van der Waals surface area contributed by atoms with Crippen LogP contribution in [0.3, 0.4) is 0 Å². The molecule has 1 aliphatic rings. The van der Waals surface area contributed by atoms with E-state index in [0.29, 0.717) is 12.5 Å². The number of carboxylic acids is 1. The number of aliphatic carboxylic acids is 1. The van der Waals surface area contributed by atoms with Crippen molar-refractivity contribution in [2.45, 2.75) is 38.0 Å². The van der Waals surface area contributed by atoms with Gasteiger partial charge in [-0.1, -0.05) is 44.2 Å². The predicted molar refractivity (Wildman–Crippen MR) is 130 cm³/mol. The van der Waals surface area contributed by atoms with Crippen molar-refractivity contribution in [3.8, 4) is 5.75 Å². The molecule has 0 aliphatic carbocycles. The number of rotatable bonds is 10. The molecule has 34 heavy (non-hydrogen) atoms. The summed E-state index contributed by atoms with van der Waals surface area (Å²) in [6.45, 7) is 5.23. The van der Waals surface area contributed by atoms with Gasteiger partial charge in [-0.15, -0.1) is 0 Å². The van der Waals surface area contributed by atoms with Gasteiger partial charge in [0.2, 0.25) is 10.0 Å². The Labute approximate surface area is 201 Å². The molecule has 0 radical (unpaired) electrons. The van der Waals surface area contributed by atoms with Gasteiger partial charge in [0.05, 0.1) is 17.4 Å². The van der Waals surface area contributed by atoms with Gasteiger partial charge in [-0.3, -0.25) is 9.59 Å². The van der Waals surface area contributed by atoms with Crippen molar-refractivity contribution in [1.29, 1.82) is 0 Å². The van der Waals surface area contributed by atoms with Gasteiger partial charge in [-0.25, -0.2) is 8.42 Å². The van der Waals surface area contributed by atoms with E-state index in [1.165, 1.54) is 22.5 Å². The third-order valence-corrected chi connectivity index (χ3v) is 7.73. The van der Waals surface area contributed by atoms with E-state index in [2.05, 4.69) is 13.8 Å². The van der Waals surface area contributed by atoms with Crippen LogP contribution in [0.15, 0.2) is 59.5 Å². The van der Waals surface area contributed by atoms with Crippen molar-refractivity contribution in [2.24, 2.45) is 11.8 Å². The molecule has 0 amide bonds. The summed E-state index contributed by atoms with van der Waals surface area (Å²) in [5.41, 5.74) is 1.10. The second kappa shape index (κ2) is 11.4. The lowest BCUT2D eigenvalue weighted by molar-refractivity contribution is -0.142. The fourth-order valence-electron chi connectivity index (χ4n) is 3.66. The number of sulfonamides is 1. The minimum absolute atomic E-state index is 0.0309. The highest BCUT2D eigenvalue weighted by atomic mass is 32.2. The Bertz CT molecular complexity index is 1130. The Morgan fingerprint density at radius 1 is 1.12 bits per heavy atom. The summed E-state index contributed by atoms with van der Waals surface area (Å²) in [5.74, 6) is -0.380. The largest absolute Gasteiger partial charge is 0.494 e. The molecule has 0 spiro atoms. The Morgan fingerprint density at radius 2 is 1.79 bits per heavy atom. The van der Waals surface area contributed by atoms with Gasteiger partial charge in [0.25, 0.3) is 0 Å². The SMILES string of the molecule is CC(C)CCOc1ccc(/C=C/C(=O)c2cccc(S(=O)(=O)N3CCC(C(=O)O)CC3)c2)cc1. The summed E-state index contributed by atoms with van der Waals surface area (Å²) < 4.78 is 33.0. The molecule has 3 rings (SSSR count). The van der Waals surface area contributed by atoms with Gasteiger partial charge >= 0.3 is 5.97 Å². The van der Waals surface area contributed by atoms with Gasteiger partial charge in [-0.2, -0.15) is 4.31 Å². The third kappa shape index (κ3) is 6.77. The van der Waals surface area contributed by atoms with Gasteiger partial charge in [-0.05, 0) is 61.1 Å². The standard InChI is InChI=1S/C26H31NO6S/c1-19(2)14-17-33-23-9-6-20(7-10-23)8-11-25(28)22-4-3-5-24(18-22)34(31,32)27-15-12-21(13-16-27)26(29)30/h3-11,18-19,21H,12-17H2,1-2H3,(H,29,30)/b11-8+. The van der Waals surface area contributed by atoms with Crippen molar-refractivity contribution >= 4 is 27.9 Å². The summed E-state index contributed by atoms with van der Waals surface area (Å²) in [6, 6.07) is 13.4. The molecule has 0 saturated carbocycles. The summed E-state index contributed by atoms with van der Waals surface area (Å²) >= 11 is 0. The van der Waals surface area contributed by atoms with E-state index in [1.54, 1.807) is 18.2 Å². The second-order valence-electron chi connectivity index (χ2n) is 8.84. The third-order valence-electron chi connectivity index (χ3n) is 5.83. The van der Waals surface area contributed by atoms with E-state index in [-0.39, 0.29) is 42.2 Å². The highest BCUT2D eigenvalue weighted by Crippen LogP contribution is 2.25. The molecular weight excluding hydrogens is 454 g/mol. The summed E-state index contributed by atoms with van der Waals surface area (Å²) in [4.78, 5) is 23.8. The Hall–Kier alpha value is -2.97. The van der Waals surface area contributed by atoms with E-state index in [0.717, 1.165) is 17.7 Å². The van der Waals surface area contributed by atoms with Crippen LogP contribution in [-0.4, -0.2) is 49.3 Å². The number of carboxylic acid groups (broad SMARTS) is 1.